The number of hydrogen-bond acceptors (Lipinski definition) is 6. The Morgan fingerprint density at radius 1 is 1.32 bits per heavy atom. The van der Waals surface area contributed by atoms with Crippen molar-refractivity contribution in [3.8, 4) is 0 Å². The van der Waals surface area contributed by atoms with Crippen molar-refractivity contribution >= 4 is 33.1 Å². The van der Waals surface area contributed by atoms with Crippen LogP contribution in [0.5, 0.6) is 0 Å². The fourth-order valence-corrected chi connectivity index (χ4v) is 6.97. The Balaban J connectivity index is 1.63. The van der Waals surface area contributed by atoms with Gasteiger partial charge in [0.05, 0.1) is 17.1 Å². The molecule has 1 aromatic rings. The van der Waals surface area contributed by atoms with E-state index < -0.39 is 15.8 Å². The number of thiophene rings is 1. The monoisotopic (exact) mass is 427 g/mol. The number of sulfone groups is 1. The van der Waals surface area contributed by atoms with Crippen molar-refractivity contribution in [2.24, 2.45) is 11.8 Å². The predicted octanol–water partition coefficient (Wildman–Crippen LogP) is 2.70. The Labute approximate surface area is 171 Å². The molecule has 1 aliphatic carbocycles. The highest BCUT2D eigenvalue weighted by molar-refractivity contribution is 7.91. The summed E-state index contributed by atoms with van der Waals surface area (Å²) in [4.78, 5) is 28.1. The van der Waals surface area contributed by atoms with Crippen LogP contribution in [0.15, 0.2) is 5.38 Å². The van der Waals surface area contributed by atoms with Crippen molar-refractivity contribution < 1.29 is 22.7 Å². The summed E-state index contributed by atoms with van der Waals surface area (Å²) < 4.78 is 29.0. The second-order valence-corrected chi connectivity index (χ2v) is 11.7. The molecule has 0 N–H and O–H groups in total. The Morgan fingerprint density at radius 3 is 2.71 bits per heavy atom. The van der Waals surface area contributed by atoms with Crippen molar-refractivity contribution in [3.63, 3.8) is 0 Å². The van der Waals surface area contributed by atoms with Crippen LogP contribution in [0.2, 0.25) is 0 Å². The van der Waals surface area contributed by atoms with Gasteiger partial charge in [-0.1, -0.05) is 20.8 Å². The van der Waals surface area contributed by atoms with Gasteiger partial charge in [-0.25, -0.2) is 13.2 Å². The molecule has 1 fully saturated rings. The molecule has 1 aromatic heterocycles. The third kappa shape index (κ3) is 4.95. The van der Waals surface area contributed by atoms with E-state index in [1.807, 2.05) is 19.2 Å². The fourth-order valence-electron chi connectivity index (χ4n) is 4.01. The van der Waals surface area contributed by atoms with E-state index in [9.17, 15) is 18.0 Å². The number of nitrogens with zero attached hydrogens (tertiary/aromatic N) is 1. The smallest absolute Gasteiger partial charge is 0.339 e. The SMILES string of the molecule is CC(C)CN(C(=O)COC(=O)c1csc2c1CCC(C)C2)C1CCS(=O)(=O)C1. The van der Waals surface area contributed by atoms with Gasteiger partial charge in [-0.2, -0.15) is 0 Å². The Kier molecular flexibility index (Phi) is 6.49. The second kappa shape index (κ2) is 8.53. The Bertz CT molecular complexity index is 843. The summed E-state index contributed by atoms with van der Waals surface area (Å²) >= 11 is 1.59. The number of hydrogen-bond donors (Lipinski definition) is 0. The lowest BCUT2D eigenvalue weighted by Gasteiger charge is -2.29. The van der Waals surface area contributed by atoms with E-state index in [0.717, 1.165) is 24.8 Å². The number of carbonyl (C=O) groups excluding carboxylic acids is 2. The first-order chi connectivity index (χ1) is 13.2. The number of ether oxygens (including phenoxy) is 1. The minimum absolute atomic E-state index is 0.00434. The quantitative estimate of drug-likeness (QED) is 0.652. The molecular formula is C20H29NO5S2. The summed E-state index contributed by atoms with van der Waals surface area (Å²) in [5.41, 5.74) is 1.65. The molecule has 0 saturated carbocycles. The van der Waals surface area contributed by atoms with Crippen LogP contribution in [0.4, 0.5) is 0 Å². The highest BCUT2D eigenvalue weighted by atomic mass is 32.2. The second-order valence-electron chi connectivity index (χ2n) is 8.47. The summed E-state index contributed by atoms with van der Waals surface area (Å²) in [7, 11) is -3.09. The third-order valence-corrected chi connectivity index (χ3v) is 8.28. The number of carbonyl (C=O) groups is 2. The van der Waals surface area contributed by atoms with Gasteiger partial charge in [-0.3, -0.25) is 4.79 Å². The maximum absolute atomic E-state index is 12.7. The molecule has 0 aromatic carbocycles. The zero-order valence-corrected chi connectivity index (χ0v) is 18.4. The van der Waals surface area contributed by atoms with E-state index in [-0.39, 0.29) is 36.0 Å². The van der Waals surface area contributed by atoms with Gasteiger partial charge in [0.25, 0.3) is 5.91 Å². The van der Waals surface area contributed by atoms with Crippen LogP contribution in [0.3, 0.4) is 0 Å². The molecule has 1 aliphatic heterocycles. The predicted molar refractivity (Wildman–Crippen MR) is 109 cm³/mol. The molecule has 28 heavy (non-hydrogen) atoms. The molecule has 0 spiro atoms. The van der Waals surface area contributed by atoms with Crippen LogP contribution >= 0.6 is 11.3 Å². The van der Waals surface area contributed by atoms with Crippen LogP contribution in [-0.2, 0) is 32.2 Å². The minimum atomic E-state index is -3.09. The summed E-state index contributed by atoms with van der Waals surface area (Å²) in [5, 5.41) is 1.84. The first kappa shape index (κ1) is 21.3. The van der Waals surface area contributed by atoms with Crippen LogP contribution in [0.25, 0.3) is 0 Å². The van der Waals surface area contributed by atoms with Gasteiger partial charge in [0.1, 0.15) is 0 Å². The highest BCUT2D eigenvalue weighted by Gasteiger charge is 2.35. The maximum atomic E-state index is 12.7. The molecule has 0 bridgehead atoms. The van der Waals surface area contributed by atoms with Gasteiger partial charge in [-0.15, -0.1) is 11.3 Å². The molecule has 156 valence electrons. The fraction of sp³-hybridized carbons (Fsp3) is 0.700. The van der Waals surface area contributed by atoms with Gasteiger partial charge in [0.2, 0.25) is 0 Å². The topological polar surface area (TPSA) is 80.8 Å². The summed E-state index contributed by atoms with van der Waals surface area (Å²) in [6, 6.07) is -0.325. The number of amides is 1. The standard InChI is InChI=1S/C20H29NO5S2/c1-13(2)9-21(15-6-7-28(24,25)12-15)19(22)10-26-20(23)17-11-27-18-8-14(3)4-5-16(17)18/h11,13-15H,4-10,12H2,1-3H3. The third-order valence-electron chi connectivity index (χ3n) is 5.48. The van der Waals surface area contributed by atoms with Gasteiger partial charge < -0.3 is 9.64 Å². The zero-order valence-electron chi connectivity index (χ0n) is 16.8. The molecule has 2 unspecified atom stereocenters. The van der Waals surface area contributed by atoms with Crippen LogP contribution in [0, 0.1) is 11.8 Å². The van der Waals surface area contributed by atoms with E-state index in [4.69, 9.17) is 4.74 Å². The van der Waals surface area contributed by atoms with Gasteiger partial charge in [0.15, 0.2) is 16.4 Å². The minimum Gasteiger partial charge on any atom is -0.452 e. The lowest BCUT2D eigenvalue weighted by molar-refractivity contribution is -0.137. The number of esters is 1. The Morgan fingerprint density at radius 2 is 2.07 bits per heavy atom. The van der Waals surface area contributed by atoms with Crippen molar-refractivity contribution in [1.82, 2.24) is 4.90 Å². The van der Waals surface area contributed by atoms with E-state index in [1.165, 1.54) is 4.88 Å². The van der Waals surface area contributed by atoms with Crippen LogP contribution < -0.4 is 0 Å². The molecule has 2 aliphatic rings. The zero-order chi connectivity index (χ0) is 20.5. The van der Waals surface area contributed by atoms with Crippen LogP contribution in [-0.4, -0.2) is 55.9 Å². The summed E-state index contributed by atoms with van der Waals surface area (Å²) in [5.74, 6) is 0.164. The normalized spacial score (nSPS) is 23.4. The van der Waals surface area contributed by atoms with Crippen molar-refractivity contribution in [2.45, 2.75) is 52.5 Å². The van der Waals surface area contributed by atoms with E-state index >= 15 is 0 Å². The molecule has 6 nitrogen and oxygen atoms in total. The number of rotatable bonds is 6. The van der Waals surface area contributed by atoms with E-state index in [0.29, 0.717) is 24.4 Å². The molecule has 2 atom stereocenters. The largest absolute Gasteiger partial charge is 0.452 e. The molecule has 1 amide bonds. The van der Waals surface area contributed by atoms with E-state index in [1.54, 1.807) is 16.2 Å². The Hall–Kier alpha value is -1.41. The van der Waals surface area contributed by atoms with Crippen LogP contribution in [0.1, 0.15) is 54.4 Å². The molecule has 8 heteroatoms. The first-order valence-electron chi connectivity index (χ1n) is 9.92. The summed E-state index contributed by atoms with van der Waals surface area (Å²) in [6.07, 6.45) is 3.37. The first-order valence-corrected chi connectivity index (χ1v) is 12.6. The molecule has 1 saturated heterocycles. The molecule has 3 rings (SSSR count). The summed E-state index contributed by atoms with van der Waals surface area (Å²) in [6.45, 7) is 6.29. The van der Waals surface area contributed by atoms with Gasteiger partial charge >= 0.3 is 5.97 Å². The maximum Gasteiger partial charge on any atom is 0.339 e. The molecular weight excluding hydrogens is 398 g/mol. The molecule has 2 heterocycles. The molecule has 0 radical (unpaired) electrons. The average Bonchev–Trinajstić information content (AvgIpc) is 3.19. The van der Waals surface area contributed by atoms with Gasteiger partial charge in [-0.05, 0) is 43.1 Å². The lowest BCUT2D eigenvalue weighted by Crippen LogP contribution is -2.45. The van der Waals surface area contributed by atoms with E-state index in [2.05, 4.69) is 6.92 Å². The number of fused-ring (bicyclic) bond motifs is 1. The lowest BCUT2D eigenvalue weighted by atomic mass is 9.88. The van der Waals surface area contributed by atoms with Gasteiger partial charge in [0, 0.05) is 22.8 Å². The van der Waals surface area contributed by atoms with Crippen molar-refractivity contribution in [3.05, 3.63) is 21.4 Å². The highest BCUT2D eigenvalue weighted by Crippen LogP contribution is 2.33. The van der Waals surface area contributed by atoms with Crippen molar-refractivity contribution in [2.75, 3.05) is 24.7 Å². The van der Waals surface area contributed by atoms with Crippen molar-refractivity contribution in [1.29, 1.82) is 0 Å². The average molecular weight is 428 g/mol.